The zero-order chi connectivity index (χ0) is 24.9. The summed E-state index contributed by atoms with van der Waals surface area (Å²) in [5.74, 6) is 0.645. The summed E-state index contributed by atoms with van der Waals surface area (Å²) in [6.07, 6.45) is 0. The number of hydrogen-bond donors (Lipinski definition) is 1. The maximum Gasteiger partial charge on any atom is 0.250 e. The molecule has 1 amide bonds. The monoisotopic (exact) mass is 555 g/mol. The predicted octanol–water partition coefficient (Wildman–Crippen LogP) is 6.48. The van der Waals surface area contributed by atoms with Crippen molar-refractivity contribution in [2.24, 2.45) is 5.10 Å². The molecular weight excluding hydrogens is 534 g/mol. The predicted molar refractivity (Wildman–Crippen MR) is 150 cm³/mol. The quantitative estimate of drug-likeness (QED) is 0.142. The van der Waals surface area contributed by atoms with Crippen molar-refractivity contribution in [2.75, 3.05) is 5.75 Å². The molecule has 5 aromatic rings. The molecule has 178 valence electrons. The largest absolute Gasteiger partial charge is 0.272 e. The van der Waals surface area contributed by atoms with Crippen LogP contribution in [0.3, 0.4) is 0 Å². The van der Waals surface area contributed by atoms with Crippen molar-refractivity contribution in [1.29, 1.82) is 0 Å². The highest BCUT2D eigenvalue weighted by Gasteiger charge is 2.17. The molecule has 0 saturated heterocycles. The number of hydrogen-bond acceptors (Lipinski definition) is 5. The van der Waals surface area contributed by atoms with E-state index in [2.05, 4.69) is 54.9 Å². The first-order valence-electron chi connectivity index (χ1n) is 11.3. The van der Waals surface area contributed by atoms with Gasteiger partial charge in [-0.3, -0.25) is 9.36 Å². The second kappa shape index (κ2) is 10.9. The van der Waals surface area contributed by atoms with Gasteiger partial charge in [0.1, 0.15) is 0 Å². The van der Waals surface area contributed by atoms with Gasteiger partial charge < -0.3 is 0 Å². The van der Waals surface area contributed by atoms with Crippen LogP contribution in [0, 0.1) is 0 Å². The Morgan fingerprint density at radius 1 is 0.917 bits per heavy atom. The van der Waals surface area contributed by atoms with E-state index in [-0.39, 0.29) is 11.7 Å². The highest BCUT2D eigenvalue weighted by molar-refractivity contribution is 9.10. The third-order valence-electron chi connectivity index (χ3n) is 5.61. The first-order valence-corrected chi connectivity index (χ1v) is 13.1. The number of thioether (sulfide) groups is 1. The fourth-order valence-electron chi connectivity index (χ4n) is 3.87. The van der Waals surface area contributed by atoms with E-state index in [4.69, 9.17) is 0 Å². The molecule has 8 heteroatoms. The van der Waals surface area contributed by atoms with E-state index in [9.17, 15) is 4.79 Å². The zero-order valence-electron chi connectivity index (χ0n) is 19.4. The highest BCUT2D eigenvalue weighted by Crippen LogP contribution is 2.28. The molecule has 0 spiro atoms. The van der Waals surface area contributed by atoms with Crippen molar-refractivity contribution in [3.63, 3.8) is 0 Å². The van der Waals surface area contributed by atoms with Gasteiger partial charge >= 0.3 is 0 Å². The van der Waals surface area contributed by atoms with Gasteiger partial charge in [0.25, 0.3) is 5.91 Å². The Hall–Kier alpha value is -3.75. The van der Waals surface area contributed by atoms with Crippen molar-refractivity contribution in [2.45, 2.75) is 12.1 Å². The third-order valence-corrected chi connectivity index (χ3v) is 7.07. The van der Waals surface area contributed by atoms with Gasteiger partial charge in [0.05, 0.1) is 11.5 Å². The number of para-hydroxylation sites is 1. The smallest absolute Gasteiger partial charge is 0.250 e. The number of rotatable bonds is 7. The van der Waals surface area contributed by atoms with Crippen LogP contribution in [0.15, 0.2) is 112 Å². The molecule has 6 nitrogen and oxygen atoms in total. The lowest BCUT2D eigenvalue weighted by molar-refractivity contribution is -0.118. The van der Waals surface area contributed by atoms with E-state index in [1.807, 2.05) is 90.4 Å². The topological polar surface area (TPSA) is 72.2 Å². The molecule has 0 bridgehead atoms. The van der Waals surface area contributed by atoms with Crippen molar-refractivity contribution in [3.05, 3.63) is 107 Å². The van der Waals surface area contributed by atoms with Crippen LogP contribution in [0.1, 0.15) is 12.5 Å². The summed E-state index contributed by atoms with van der Waals surface area (Å²) in [7, 11) is 0. The molecule has 0 unspecified atom stereocenters. The van der Waals surface area contributed by atoms with Crippen LogP contribution >= 0.6 is 27.7 Å². The third kappa shape index (κ3) is 5.24. The Morgan fingerprint density at radius 3 is 2.44 bits per heavy atom. The first-order chi connectivity index (χ1) is 17.6. The van der Waals surface area contributed by atoms with E-state index in [1.54, 1.807) is 0 Å². The van der Waals surface area contributed by atoms with Gasteiger partial charge in [0, 0.05) is 21.3 Å². The number of nitrogens with one attached hydrogen (secondary N) is 1. The van der Waals surface area contributed by atoms with E-state index in [0.717, 1.165) is 37.8 Å². The van der Waals surface area contributed by atoms with Gasteiger partial charge in [0.15, 0.2) is 11.0 Å². The summed E-state index contributed by atoms with van der Waals surface area (Å²) in [5, 5.41) is 16.0. The lowest BCUT2D eigenvalue weighted by Crippen LogP contribution is -2.21. The van der Waals surface area contributed by atoms with Crippen molar-refractivity contribution in [3.8, 4) is 17.1 Å². The second-order valence-electron chi connectivity index (χ2n) is 8.03. The summed E-state index contributed by atoms with van der Waals surface area (Å²) in [6, 6.07) is 32.0. The molecule has 0 aliphatic rings. The van der Waals surface area contributed by atoms with Crippen LogP contribution in [-0.4, -0.2) is 32.1 Å². The number of hydrazone groups is 1. The van der Waals surface area contributed by atoms with Gasteiger partial charge in [-0.25, -0.2) is 5.43 Å². The SMILES string of the molecule is C/C(=N\NC(=O)CSc1nnc(-c2ccc(Br)cc2)n1-c1ccccc1)c1cccc2ccccc12. The number of aromatic nitrogens is 3. The van der Waals surface area contributed by atoms with Crippen molar-refractivity contribution >= 4 is 50.1 Å². The number of carbonyl (C=O) groups excluding carboxylic acids is 1. The summed E-state index contributed by atoms with van der Waals surface area (Å²) in [4.78, 5) is 12.7. The Kier molecular flexibility index (Phi) is 7.25. The number of halogens is 1. The number of carbonyl (C=O) groups is 1. The van der Waals surface area contributed by atoms with E-state index >= 15 is 0 Å². The molecule has 36 heavy (non-hydrogen) atoms. The Bertz CT molecular complexity index is 1540. The molecule has 0 radical (unpaired) electrons. The first kappa shape index (κ1) is 24.0. The van der Waals surface area contributed by atoms with Crippen LogP contribution in [0.4, 0.5) is 0 Å². The fourth-order valence-corrected chi connectivity index (χ4v) is 4.88. The maximum absolute atomic E-state index is 12.7. The van der Waals surface area contributed by atoms with E-state index in [1.165, 1.54) is 11.8 Å². The van der Waals surface area contributed by atoms with Gasteiger partial charge in [-0.1, -0.05) is 100 Å². The summed E-state index contributed by atoms with van der Waals surface area (Å²) in [5.41, 5.74) is 6.28. The second-order valence-corrected chi connectivity index (χ2v) is 9.89. The molecule has 0 atom stereocenters. The summed E-state index contributed by atoms with van der Waals surface area (Å²) in [6.45, 7) is 1.89. The molecule has 5 rings (SSSR count). The highest BCUT2D eigenvalue weighted by atomic mass is 79.9. The maximum atomic E-state index is 12.7. The van der Waals surface area contributed by atoms with Crippen LogP contribution < -0.4 is 5.43 Å². The Morgan fingerprint density at radius 2 is 1.64 bits per heavy atom. The standard InChI is InChI=1S/C28H22BrN5OS/c1-19(24-13-7-9-20-8-5-6-12-25(20)24)30-31-26(35)18-36-28-33-32-27(21-14-16-22(29)17-15-21)34(28)23-10-3-2-4-11-23/h2-17H,18H2,1H3,(H,31,35)/b30-19+. The zero-order valence-corrected chi connectivity index (χ0v) is 21.8. The van der Waals surface area contributed by atoms with Crippen LogP contribution in [0.25, 0.3) is 27.8 Å². The minimum atomic E-state index is -0.215. The van der Waals surface area contributed by atoms with Gasteiger partial charge in [0.2, 0.25) is 0 Å². The number of nitrogens with zero attached hydrogens (tertiary/aromatic N) is 4. The molecule has 0 saturated carbocycles. The fraction of sp³-hybridized carbons (Fsp3) is 0.0714. The normalized spacial score (nSPS) is 11.6. The van der Waals surface area contributed by atoms with Crippen LogP contribution in [0.2, 0.25) is 0 Å². The van der Waals surface area contributed by atoms with Crippen LogP contribution in [-0.2, 0) is 4.79 Å². The molecule has 1 heterocycles. The molecule has 0 aliphatic heterocycles. The van der Waals surface area contributed by atoms with Gasteiger partial charge in [-0.05, 0) is 42.0 Å². The van der Waals surface area contributed by atoms with E-state index < -0.39 is 0 Å². The van der Waals surface area contributed by atoms with Crippen molar-refractivity contribution < 1.29 is 4.79 Å². The lowest BCUT2D eigenvalue weighted by atomic mass is 10.0. The van der Waals surface area contributed by atoms with Crippen molar-refractivity contribution in [1.82, 2.24) is 20.2 Å². The molecule has 0 fully saturated rings. The molecule has 1 N–H and O–H groups in total. The summed E-state index contributed by atoms with van der Waals surface area (Å²) < 4.78 is 2.95. The number of benzene rings is 4. The Labute approximate surface area is 221 Å². The average molecular weight is 556 g/mol. The van der Waals surface area contributed by atoms with Crippen LogP contribution in [0.5, 0.6) is 0 Å². The molecule has 4 aromatic carbocycles. The lowest BCUT2D eigenvalue weighted by Gasteiger charge is -2.10. The van der Waals surface area contributed by atoms with Gasteiger partial charge in [-0.15, -0.1) is 10.2 Å². The minimum absolute atomic E-state index is 0.150. The van der Waals surface area contributed by atoms with Gasteiger partial charge in [-0.2, -0.15) is 5.10 Å². The minimum Gasteiger partial charge on any atom is -0.272 e. The average Bonchev–Trinajstić information content (AvgIpc) is 3.35. The summed E-state index contributed by atoms with van der Waals surface area (Å²) >= 11 is 4.79. The molecule has 0 aliphatic carbocycles. The number of amides is 1. The number of fused-ring (bicyclic) bond motifs is 1. The van der Waals surface area contributed by atoms with E-state index in [0.29, 0.717) is 11.0 Å². The molecular formula is C28H22BrN5OS. The Balaban J connectivity index is 1.34. The molecule has 1 aromatic heterocycles.